The minimum absolute atomic E-state index is 0.149. The van der Waals surface area contributed by atoms with Crippen molar-refractivity contribution in [3.63, 3.8) is 0 Å². The lowest BCUT2D eigenvalue weighted by molar-refractivity contribution is -0.110. The second-order valence-electron chi connectivity index (χ2n) is 2.48. The lowest BCUT2D eigenvalue weighted by atomic mass is 10.5. The second-order valence-corrected chi connectivity index (χ2v) is 2.48. The first-order chi connectivity index (χ1) is 5.85. The van der Waals surface area contributed by atoms with Crippen LogP contribution in [0.25, 0.3) is 0 Å². The topological polar surface area (TPSA) is 51.2 Å². The maximum atomic E-state index is 8.11. The summed E-state index contributed by atoms with van der Waals surface area (Å²) in [6, 6.07) is 0. The Balaban J connectivity index is 0.000000354. The Kier molecular flexibility index (Phi) is 8.81. The fraction of sp³-hybridized carbons (Fsp3) is 1.00. The number of aliphatic hydroxyl groups excluding tert-OH is 1. The summed E-state index contributed by atoms with van der Waals surface area (Å²) in [4.78, 5) is 0. The van der Waals surface area contributed by atoms with Crippen LogP contribution in [-0.4, -0.2) is 38.0 Å². The Morgan fingerprint density at radius 1 is 1.42 bits per heavy atom. The Morgan fingerprint density at radius 3 is 2.42 bits per heavy atom. The van der Waals surface area contributed by atoms with Crippen molar-refractivity contribution < 1.29 is 19.3 Å². The van der Waals surface area contributed by atoms with Crippen LogP contribution in [0.1, 0.15) is 20.3 Å². The molecule has 1 unspecified atom stereocenters. The Bertz CT molecular complexity index is 83.1. The lowest BCUT2D eigenvalue weighted by Crippen LogP contribution is -2.05. The van der Waals surface area contributed by atoms with Crippen LogP contribution in [0.15, 0.2) is 0 Å². The molecule has 0 aromatic carbocycles. The smallest absolute Gasteiger partial charge is 0.149 e. The minimum Gasteiger partial charge on any atom is -0.371 e. The fourth-order valence-corrected chi connectivity index (χ4v) is 0.440. The lowest BCUT2D eigenvalue weighted by Gasteiger charge is -1.99. The number of hydrogen-bond donors (Lipinski definition) is 1. The third-order valence-corrected chi connectivity index (χ3v) is 0.964. The van der Waals surface area contributed by atoms with Gasteiger partial charge in [0.25, 0.3) is 0 Å². The van der Waals surface area contributed by atoms with Gasteiger partial charge in [-0.3, -0.25) is 0 Å². The fourth-order valence-electron chi connectivity index (χ4n) is 0.440. The third kappa shape index (κ3) is 9.84. The standard InChI is InChI=1S/C5H10O4.C3H8/c6-3-8-4-7-1-5-2-9-5;1-3-2/h5-6H,1-4H2;3H2,1-2H3. The molecule has 1 aliphatic heterocycles. The highest BCUT2D eigenvalue weighted by Gasteiger charge is 2.21. The van der Waals surface area contributed by atoms with Crippen molar-refractivity contribution in [2.45, 2.75) is 26.4 Å². The predicted octanol–water partition coefficient (Wildman–Crippen LogP) is 0.742. The first kappa shape index (κ1) is 11.8. The maximum Gasteiger partial charge on any atom is 0.149 e. The van der Waals surface area contributed by atoms with Gasteiger partial charge in [0.15, 0.2) is 0 Å². The molecule has 0 radical (unpaired) electrons. The zero-order valence-corrected chi connectivity index (χ0v) is 7.78. The number of hydrogen-bond acceptors (Lipinski definition) is 4. The zero-order chi connectivity index (χ0) is 9.23. The van der Waals surface area contributed by atoms with Gasteiger partial charge in [-0.15, -0.1) is 0 Å². The molecule has 4 heteroatoms. The van der Waals surface area contributed by atoms with Gasteiger partial charge < -0.3 is 19.3 Å². The zero-order valence-electron chi connectivity index (χ0n) is 7.78. The average molecular weight is 178 g/mol. The van der Waals surface area contributed by atoms with E-state index in [4.69, 9.17) is 14.6 Å². The van der Waals surface area contributed by atoms with Gasteiger partial charge in [-0.25, -0.2) is 0 Å². The van der Waals surface area contributed by atoms with E-state index in [0.717, 1.165) is 6.61 Å². The predicted molar refractivity (Wildman–Crippen MR) is 44.7 cm³/mol. The molecule has 12 heavy (non-hydrogen) atoms. The van der Waals surface area contributed by atoms with Crippen molar-refractivity contribution in [3.05, 3.63) is 0 Å². The van der Waals surface area contributed by atoms with E-state index in [-0.39, 0.29) is 19.7 Å². The summed E-state index contributed by atoms with van der Waals surface area (Å²) in [6.45, 7) is 5.47. The monoisotopic (exact) mass is 178 g/mol. The molecule has 0 saturated carbocycles. The third-order valence-electron chi connectivity index (χ3n) is 0.964. The van der Waals surface area contributed by atoms with Crippen molar-refractivity contribution in [2.24, 2.45) is 0 Å². The van der Waals surface area contributed by atoms with Crippen LogP contribution in [-0.2, 0) is 14.2 Å². The van der Waals surface area contributed by atoms with Crippen LogP contribution in [0.5, 0.6) is 0 Å². The van der Waals surface area contributed by atoms with E-state index in [1.165, 1.54) is 6.42 Å². The molecule has 0 spiro atoms. The molecular formula is C8H18O4. The highest BCUT2D eigenvalue weighted by Crippen LogP contribution is 2.07. The van der Waals surface area contributed by atoms with Crippen LogP contribution in [0, 0.1) is 0 Å². The van der Waals surface area contributed by atoms with Gasteiger partial charge >= 0.3 is 0 Å². The Morgan fingerprint density at radius 2 is 2.00 bits per heavy atom. The van der Waals surface area contributed by atoms with E-state index in [2.05, 4.69) is 18.6 Å². The van der Waals surface area contributed by atoms with Crippen LogP contribution >= 0.6 is 0 Å². The molecule has 1 aliphatic rings. The molecule has 1 rings (SSSR count). The quantitative estimate of drug-likeness (QED) is 0.383. The van der Waals surface area contributed by atoms with Gasteiger partial charge in [0.1, 0.15) is 19.7 Å². The molecule has 1 heterocycles. The first-order valence-electron chi connectivity index (χ1n) is 4.23. The molecule has 0 aromatic rings. The van der Waals surface area contributed by atoms with Crippen molar-refractivity contribution >= 4 is 0 Å². The minimum atomic E-state index is -0.286. The number of aliphatic hydroxyl groups is 1. The van der Waals surface area contributed by atoms with Crippen molar-refractivity contribution in [3.8, 4) is 0 Å². The maximum absolute atomic E-state index is 8.11. The summed E-state index contributed by atoms with van der Waals surface area (Å²) in [6.07, 6.45) is 1.52. The first-order valence-corrected chi connectivity index (χ1v) is 4.23. The normalized spacial score (nSPS) is 19.8. The Labute approximate surface area is 73.4 Å². The van der Waals surface area contributed by atoms with Crippen molar-refractivity contribution in [1.82, 2.24) is 0 Å². The molecule has 1 N–H and O–H groups in total. The summed E-state index contributed by atoms with van der Waals surface area (Å²) in [5, 5.41) is 8.11. The summed E-state index contributed by atoms with van der Waals surface area (Å²) in [5.41, 5.74) is 0. The van der Waals surface area contributed by atoms with Gasteiger partial charge in [-0.2, -0.15) is 0 Å². The number of rotatable bonds is 5. The largest absolute Gasteiger partial charge is 0.371 e. The highest BCUT2D eigenvalue weighted by atomic mass is 16.7. The summed E-state index contributed by atoms with van der Waals surface area (Å²) >= 11 is 0. The summed E-state index contributed by atoms with van der Waals surface area (Å²) in [7, 11) is 0. The van der Waals surface area contributed by atoms with Gasteiger partial charge in [-0.1, -0.05) is 20.3 Å². The van der Waals surface area contributed by atoms with Gasteiger partial charge in [0.2, 0.25) is 0 Å². The van der Waals surface area contributed by atoms with E-state index < -0.39 is 0 Å². The molecule has 1 fully saturated rings. The average Bonchev–Trinajstić information content (AvgIpc) is 2.83. The van der Waals surface area contributed by atoms with Crippen molar-refractivity contribution in [2.75, 3.05) is 26.8 Å². The molecule has 0 bridgehead atoms. The molecule has 74 valence electrons. The molecule has 1 atom stereocenters. The van der Waals surface area contributed by atoms with E-state index in [0.29, 0.717) is 6.61 Å². The van der Waals surface area contributed by atoms with E-state index in [1.807, 2.05) is 0 Å². The summed E-state index contributed by atoms with van der Waals surface area (Å²) < 4.78 is 14.2. The van der Waals surface area contributed by atoms with E-state index in [9.17, 15) is 0 Å². The van der Waals surface area contributed by atoms with Gasteiger partial charge in [0, 0.05) is 0 Å². The van der Waals surface area contributed by atoms with Crippen LogP contribution in [0.3, 0.4) is 0 Å². The highest BCUT2D eigenvalue weighted by molar-refractivity contribution is 4.66. The summed E-state index contributed by atoms with van der Waals surface area (Å²) in [5.74, 6) is 0. The SMILES string of the molecule is CCC.OCOCOCC1CO1. The van der Waals surface area contributed by atoms with E-state index >= 15 is 0 Å². The Hall–Kier alpha value is -0.160. The van der Waals surface area contributed by atoms with Gasteiger partial charge in [0.05, 0.1) is 13.2 Å². The second kappa shape index (κ2) is 8.93. The molecular weight excluding hydrogens is 160 g/mol. The van der Waals surface area contributed by atoms with Crippen molar-refractivity contribution in [1.29, 1.82) is 0 Å². The molecule has 1 saturated heterocycles. The molecule has 0 aromatic heterocycles. The van der Waals surface area contributed by atoms with Crippen LogP contribution in [0.4, 0.5) is 0 Å². The van der Waals surface area contributed by atoms with Crippen LogP contribution in [0.2, 0.25) is 0 Å². The van der Waals surface area contributed by atoms with Gasteiger partial charge in [-0.05, 0) is 0 Å². The molecule has 4 nitrogen and oxygen atoms in total. The number of ether oxygens (including phenoxy) is 3. The van der Waals surface area contributed by atoms with E-state index in [1.54, 1.807) is 0 Å². The molecule has 0 aliphatic carbocycles. The molecule has 0 amide bonds. The number of epoxide rings is 1. The van der Waals surface area contributed by atoms with Crippen LogP contribution < -0.4 is 0 Å².